The SMILES string of the molecule is Cn1nnnc1SCC(=O)NC(C(=O)[O-])(c1ccccc1)c1ccccc1. The molecule has 27 heavy (non-hydrogen) atoms. The minimum absolute atomic E-state index is 0.0527. The summed E-state index contributed by atoms with van der Waals surface area (Å²) in [5, 5.41) is 26.4. The van der Waals surface area contributed by atoms with Gasteiger partial charge >= 0.3 is 0 Å². The van der Waals surface area contributed by atoms with Crippen molar-refractivity contribution in [2.45, 2.75) is 10.7 Å². The molecule has 0 fully saturated rings. The first-order chi connectivity index (χ1) is 13.0. The van der Waals surface area contributed by atoms with Gasteiger partial charge in [-0.2, -0.15) is 0 Å². The molecule has 0 bridgehead atoms. The van der Waals surface area contributed by atoms with Gasteiger partial charge in [0.25, 0.3) is 0 Å². The lowest BCUT2D eigenvalue weighted by molar-refractivity contribution is -0.313. The quantitative estimate of drug-likeness (QED) is 0.577. The van der Waals surface area contributed by atoms with E-state index >= 15 is 0 Å². The third-order valence-electron chi connectivity index (χ3n) is 3.96. The molecule has 9 heteroatoms. The Kier molecular flexibility index (Phi) is 5.51. The van der Waals surface area contributed by atoms with Crippen LogP contribution in [0.2, 0.25) is 0 Å². The smallest absolute Gasteiger partial charge is 0.231 e. The Balaban J connectivity index is 1.93. The number of rotatable bonds is 7. The number of carboxylic acids is 1. The van der Waals surface area contributed by atoms with Gasteiger partial charge in [-0.1, -0.05) is 72.4 Å². The summed E-state index contributed by atoms with van der Waals surface area (Å²) in [5.41, 5.74) is -1.01. The second-order valence-electron chi connectivity index (χ2n) is 5.69. The number of hydrogen-bond donors (Lipinski definition) is 1. The molecule has 0 spiro atoms. The van der Waals surface area contributed by atoms with Crippen LogP contribution in [-0.4, -0.2) is 37.8 Å². The Morgan fingerprint density at radius 1 is 1.07 bits per heavy atom. The molecule has 0 aliphatic heterocycles. The number of carbonyl (C=O) groups excluding carboxylic acids is 2. The topological polar surface area (TPSA) is 113 Å². The summed E-state index contributed by atoms with van der Waals surface area (Å²) in [6, 6.07) is 17.0. The van der Waals surface area contributed by atoms with E-state index in [1.54, 1.807) is 67.7 Å². The maximum Gasteiger partial charge on any atom is 0.231 e. The number of benzene rings is 2. The molecule has 2 aromatic carbocycles. The largest absolute Gasteiger partial charge is 0.547 e. The fraction of sp³-hybridized carbons (Fsp3) is 0.167. The molecule has 0 aliphatic carbocycles. The molecular weight excluding hydrogens is 366 g/mol. The van der Waals surface area contributed by atoms with Gasteiger partial charge in [-0.25, -0.2) is 4.68 Å². The first-order valence-corrected chi connectivity index (χ1v) is 9.01. The fourth-order valence-electron chi connectivity index (χ4n) is 2.69. The molecule has 1 amide bonds. The van der Waals surface area contributed by atoms with Crippen LogP contribution in [0.3, 0.4) is 0 Å². The Hall–Kier alpha value is -3.20. The molecule has 3 rings (SSSR count). The molecule has 1 aromatic heterocycles. The number of carbonyl (C=O) groups is 2. The molecule has 0 aliphatic rings. The van der Waals surface area contributed by atoms with Crippen LogP contribution in [0.15, 0.2) is 65.8 Å². The van der Waals surface area contributed by atoms with Crippen molar-refractivity contribution < 1.29 is 14.7 Å². The van der Waals surface area contributed by atoms with Gasteiger partial charge in [0, 0.05) is 7.05 Å². The van der Waals surface area contributed by atoms with Crippen molar-refractivity contribution in [1.29, 1.82) is 0 Å². The lowest BCUT2D eigenvalue weighted by Crippen LogP contribution is -2.58. The van der Waals surface area contributed by atoms with Gasteiger partial charge in [0.05, 0.1) is 11.7 Å². The number of aromatic nitrogens is 4. The maximum atomic E-state index is 12.6. The Morgan fingerprint density at radius 2 is 1.63 bits per heavy atom. The van der Waals surface area contributed by atoms with Crippen molar-refractivity contribution in [3.8, 4) is 0 Å². The zero-order valence-corrected chi connectivity index (χ0v) is 15.2. The average molecular weight is 382 g/mol. The fourth-order valence-corrected chi connectivity index (χ4v) is 3.34. The molecule has 0 saturated heterocycles. The third kappa shape index (κ3) is 3.82. The summed E-state index contributed by atoms with van der Waals surface area (Å²) < 4.78 is 1.43. The lowest BCUT2D eigenvalue weighted by atomic mass is 9.82. The highest BCUT2D eigenvalue weighted by atomic mass is 32.2. The number of carboxylic acid groups (broad SMARTS) is 1. The molecular formula is C18H16N5O3S-. The highest BCUT2D eigenvalue weighted by molar-refractivity contribution is 7.99. The maximum absolute atomic E-state index is 12.6. The highest BCUT2D eigenvalue weighted by Gasteiger charge is 2.37. The Labute approximate surface area is 159 Å². The van der Waals surface area contributed by atoms with Gasteiger partial charge in [0.15, 0.2) is 0 Å². The van der Waals surface area contributed by atoms with Crippen LogP contribution in [0, 0.1) is 0 Å². The van der Waals surface area contributed by atoms with Crippen LogP contribution in [-0.2, 0) is 22.2 Å². The number of nitrogens with zero attached hydrogens (tertiary/aromatic N) is 4. The van der Waals surface area contributed by atoms with Gasteiger partial charge in [-0.15, -0.1) is 5.10 Å². The van der Waals surface area contributed by atoms with Crippen LogP contribution in [0.5, 0.6) is 0 Å². The Morgan fingerprint density at radius 3 is 2.07 bits per heavy atom. The molecule has 1 heterocycles. The molecule has 8 nitrogen and oxygen atoms in total. The summed E-state index contributed by atoms with van der Waals surface area (Å²) in [4.78, 5) is 24.9. The van der Waals surface area contributed by atoms with Crippen molar-refractivity contribution in [2.75, 3.05) is 5.75 Å². The third-order valence-corrected chi connectivity index (χ3v) is 4.97. The second-order valence-corrected chi connectivity index (χ2v) is 6.63. The first-order valence-electron chi connectivity index (χ1n) is 8.02. The predicted octanol–water partition coefficient (Wildman–Crippen LogP) is 0.112. The van der Waals surface area contributed by atoms with E-state index in [9.17, 15) is 14.7 Å². The highest BCUT2D eigenvalue weighted by Crippen LogP contribution is 2.29. The number of nitrogens with one attached hydrogen (secondary N) is 1. The van der Waals surface area contributed by atoms with E-state index in [2.05, 4.69) is 20.8 Å². The van der Waals surface area contributed by atoms with Crippen molar-refractivity contribution in [2.24, 2.45) is 7.05 Å². The summed E-state index contributed by atoms with van der Waals surface area (Å²) in [5.74, 6) is -1.96. The van der Waals surface area contributed by atoms with Crippen LogP contribution >= 0.6 is 11.8 Å². The number of aliphatic carboxylic acids is 1. The zero-order chi connectivity index (χ0) is 19.3. The summed E-state index contributed by atoms with van der Waals surface area (Å²) in [6.45, 7) is 0. The van der Waals surface area contributed by atoms with E-state index in [1.165, 1.54) is 4.68 Å². The molecule has 0 atom stereocenters. The minimum atomic E-state index is -1.81. The Bertz CT molecular complexity index is 891. The number of aryl methyl sites for hydroxylation is 1. The molecule has 0 saturated carbocycles. The average Bonchev–Trinajstić information content (AvgIpc) is 3.10. The number of amides is 1. The summed E-state index contributed by atoms with van der Waals surface area (Å²) in [6.07, 6.45) is 0. The van der Waals surface area contributed by atoms with Crippen molar-refractivity contribution in [1.82, 2.24) is 25.5 Å². The molecule has 3 aromatic rings. The van der Waals surface area contributed by atoms with E-state index < -0.39 is 17.4 Å². The monoisotopic (exact) mass is 382 g/mol. The van der Waals surface area contributed by atoms with E-state index in [-0.39, 0.29) is 5.75 Å². The van der Waals surface area contributed by atoms with Crippen LogP contribution in [0.4, 0.5) is 0 Å². The van der Waals surface area contributed by atoms with E-state index in [4.69, 9.17) is 0 Å². The standard InChI is InChI=1S/C18H17N5O3S/c1-23-17(20-21-22-23)27-12-15(24)19-18(16(25)26,13-8-4-2-5-9-13)14-10-6-3-7-11-14/h2-11H,12H2,1H3,(H,19,24)(H,25,26)/p-1. The predicted molar refractivity (Wildman–Crippen MR) is 96.3 cm³/mol. The van der Waals surface area contributed by atoms with Gasteiger partial charge in [-0.05, 0) is 21.6 Å². The van der Waals surface area contributed by atoms with E-state index in [0.717, 1.165) is 11.8 Å². The van der Waals surface area contributed by atoms with Gasteiger partial charge in [0.1, 0.15) is 5.54 Å². The number of hydrogen-bond acceptors (Lipinski definition) is 7. The minimum Gasteiger partial charge on any atom is -0.547 e. The van der Waals surface area contributed by atoms with Gasteiger partial charge in [-0.3, -0.25) is 4.79 Å². The zero-order valence-electron chi connectivity index (χ0n) is 14.4. The van der Waals surface area contributed by atoms with Gasteiger partial charge in [0.2, 0.25) is 11.1 Å². The molecule has 1 N–H and O–H groups in total. The number of tetrazole rings is 1. The summed E-state index contributed by atoms with van der Waals surface area (Å²) in [7, 11) is 1.65. The van der Waals surface area contributed by atoms with E-state index in [0.29, 0.717) is 16.3 Å². The van der Waals surface area contributed by atoms with Crippen molar-refractivity contribution >= 4 is 23.6 Å². The molecule has 138 valence electrons. The van der Waals surface area contributed by atoms with Gasteiger partial charge < -0.3 is 15.2 Å². The van der Waals surface area contributed by atoms with Crippen molar-refractivity contribution in [3.05, 3.63) is 71.8 Å². The van der Waals surface area contributed by atoms with Crippen molar-refractivity contribution in [3.63, 3.8) is 0 Å². The van der Waals surface area contributed by atoms with E-state index in [1.807, 2.05) is 0 Å². The van der Waals surface area contributed by atoms with Crippen LogP contribution in [0.1, 0.15) is 11.1 Å². The molecule has 0 radical (unpaired) electrons. The second kappa shape index (κ2) is 8.00. The normalized spacial score (nSPS) is 11.1. The first kappa shape index (κ1) is 18.6. The number of thioether (sulfide) groups is 1. The molecule has 0 unspecified atom stereocenters. The van der Waals surface area contributed by atoms with Crippen LogP contribution < -0.4 is 10.4 Å². The summed E-state index contributed by atoms with van der Waals surface area (Å²) >= 11 is 1.11. The lowest BCUT2D eigenvalue weighted by Gasteiger charge is -2.36. The van der Waals surface area contributed by atoms with Crippen LogP contribution in [0.25, 0.3) is 0 Å².